The summed E-state index contributed by atoms with van der Waals surface area (Å²) in [4.78, 5) is 2.51. The van der Waals surface area contributed by atoms with Crippen LogP contribution >= 0.6 is 0 Å². The normalized spacial score (nSPS) is 41.7. The SMILES string of the molecule is CN1CCN[C@@H]2CCCC21. The van der Waals surface area contributed by atoms with Gasteiger partial charge in [0.15, 0.2) is 0 Å². The minimum Gasteiger partial charge on any atom is -0.311 e. The van der Waals surface area contributed by atoms with E-state index in [9.17, 15) is 0 Å². The molecule has 0 aromatic carbocycles. The molecule has 58 valence electrons. The Kier molecular flexibility index (Phi) is 1.66. The molecule has 1 unspecified atom stereocenters. The number of nitrogens with zero attached hydrogens (tertiary/aromatic N) is 1. The number of fused-ring (bicyclic) bond motifs is 1. The molecule has 2 heteroatoms. The minimum absolute atomic E-state index is 0.818. The molecule has 0 radical (unpaired) electrons. The molecule has 1 aliphatic heterocycles. The molecule has 1 saturated carbocycles. The predicted octanol–water partition coefficient (Wildman–Crippen LogP) is 0.442. The van der Waals surface area contributed by atoms with Crippen molar-refractivity contribution < 1.29 is 0 Å². The lowest BCUT2D eigenvalue weighted by molar-refractivity contribution is 0.171. The van der Waals surface area contributed by atoms with Gasteiger partial charge in [-0.1, -0.05) is 6.42 Å². The highest BCUT2D eigenvalue weighted by molar-refractivity contribution is 4.92. The second kappa shape index (κ2) is 2.51. The van der Waals surface area contributed by atoms with Crippen LogP contribution in [0, 0.1) is 0 Å². The largest absolute Gasteiger partial charge is 0.311 e. The third kappa shape index (κ3) is 0.956. The standard InChI is InChI=1S/C8H16N2/c1-10-6-5-9-7-3-2-4-8(7)10/h7-9H,2-6H2,1H3/t7-,8?/m1/s1. The lowest BCUT2D eigenvalue weighted by Crippen LogP contribution is -2.53. The fourth-order valence-corrected chi connectivity index (χ4v) is 2.30. The summed E-state index contributed by atoms with van der Waals surface area (Å²) in [6.45, 7) is 2.43. The fourth-order valence-electron chi connectivity index (χ4n) is 2.30. The molecule has 0 aromatic rings. The maximum Gasteiger partial charge on any atom is 0.0246 e. The van der Waals surface area contributed by atoms with Gasteiger partial charge in [0, 0.05) is 25.2 Å². The number of hydrogen-bond acceptors (Lipinski definition) is 2. The molecule has 2 fully saturated rings. The first kappa shape index (κ1) is 6.62. The lowest BCUT2D eigenvalue weighted by atomic mass is 10.1. The van der Waals surface area contributed by atoms with Crippen LogP contribution in [-0.4, -0.2) is 37.1 Å². The molecule has 2 rings (SSSR count). The van der Waals surface area contributed by atoms with E-state index in [1.807, 2.05) is 0 Å². The van der Waals surface area contributed by atoms with E-state index < -0.39 is 0 Å². The Morgan fingerprint density at radius 1 is 1.40 bits per heavy atom. The van der Waals surface area contributed by atoms with Gasteiger partial charge in [0.25, 0.3) is 0 Å². The van der Waals surface area contributed by atoms with Crippen molar-refractivity contribution in [1.29, 1.82) is 0 Å². The van der Waals surface area contributed by atoms with E-state index in [4.69, 9.17) is 0 Å². The van der Waals surface area contributed by atoms with Crippen LogP contribution in [-0.2, 0) is 0 Å². The second-order valence-electron chi connectivity index (χ2n) is 3.54. The van der Waals surface area contributed by atoms with Gasteiger partial charge in [-0.2, -0.15) is 0 Å². The Morgan fingerprint density at radius 2 is 2.30 bits per heavy atom. The predicted molar refractivity (Wildman–Crippen MR) is 42.1 cm³/mol. The summed E-state index contributed by atoms with van der Waals surface area (Å²) >= 11 is 0. The van der Waals surface area contributed by atoms with Gasteiger partial charge >= 0.3 is 0 Å². The Labute approximate surface area is 62.6 Å². The summed E-state index contributed by atoms with van der Waals surface area (Å²) in [7, 11) is 2.25. The molecule has 1 N–H and O–H groups in total. The third-order valence-corrected chi connectivity index (χ3v) is 2.92. The first-order chi connectivity index (χ1) is 4.88. The van der Waals surface area contributed by atoms with Crippen LogP contribution in [0.4, 0.5) is 0 Å². The van der Waals surface area contributed by atoms with Crippen molar-refractivity contribution >= 4 is 0 Å². The van der Waals surface area contributed by atoms with Gasteiger partial charge in [-0.15, -0.1) is 0 Å². The van der Waals surface area contributed by atoms with E-state index in [0.29, 0.717) is 0 Å². The molecule has 0 aromatic heterocycles. The molecule has 2 aliphatic rings. The van der Waals surface area contributed by atoms with Crippen LogP contribution in [0.5, 0.6) is 0 Å². The number of nitrogens with one attached hydrogen (secondary N) is 1. The molecule has 2 atom stereocenters. The summed E-state index contributed by atoms with van der Waals surface area (Å²) in [5, 5.41) is 3.57. The van der Waals surface area contributed by atoms with Crippen molar-refractivity contribution in [1.82, 2.24) is 10.2 Å². The van der Waals surface area contributed by atoms with E-state index in [2.05, 4.69) is 17.3 Å². The van der Waals surface area contributed by atoms with Gasteiger partial charge in [0.05, 0.1) is 0 Å². The van der Waals surface area contributed by atoms with Crippen molar-refractivity contribution in [3.63, 3.8) is 0 Å². The van der Waals surface area contributed by atoms with Crippen LogP contribution in [0.3, 0.4) is 0 Å². The summed E-state index contributed by atoms with van der Waals surface area (Å²) in [6, 6.07) is 1.67. The molecular formula is C8H16N2. The first-order valence-corrected chi connectivity index (χ1v) is 4.31. The number of rotatable bonds is 0. The topological polar surface area (TPSA) is 15.3 Å². The van der Waals surface area contributed by atoms with E-state index in [-0.39, 0.29) is 0 Å². The van der Waals surface area contributed by atoms with Crippen LogP contribution in [0.2, 0.25) is 0 Å². The molecule has 1 saturated heterocycles. The fraction of sp³-hybridized carbons (Fsp3) is 1.00. The van der Waals surface area contributed by atoms with Gasteiger partial charge in [-0.3, -0.25) is 0 Å². The number of hydrogen-bond donors (Lipinski definition) is 1. The zero-order valence-electron chi connectivity index (χ0n) is 6.64. The third-order valence-electron chi connectivity index (χ3n) is 2.92. The average Bonchev–Trinajstić information content (AvgIpc) is 2.36. The summed E-state index contributed by atoms with van der Waals surface area (Å²) < 4.78 is 0. The van der Waals surface area contributed by atoms with Gasteiger partial charge in [-0.25, -0.2) is 0 Å². The zero-order chi connectivity index (χ0) is 6.97. The summed E-state index contributed by atoms with van der Waals surface area (Å²) in [6.07, 6.45) is 4.23. The summed E-state index contributed by atoms with van der Waals surface area (Å²) in [5.41, 5.74) is 0. The van der Waals surface area contributed by atoms with E-state index in [0.717, 1.165) is 12.1 Å². The molecule has 2 nitrogen and oxygen atoms in total. The van der Waals surface area contributed by atoms with Gasteiger partial charge in [-0.05, 0) is 19.9 Å². The van der Waals surface area contributed by atoms with Crippen LogP contribution in [0.15, 0.2) is 0 Å². The minimum atomic E-state index is 0.818. The lowest BCUT2D eigenvalue weighted by Gasteiger charge is -2.35. The number of piperazine rings is 1. The van der Waals surface area contributed by atoms with Gasteiger partial charge in [0.1, 0.15) is 0 Å². The van der Waals surface area contributed by atoms with Crippen LogP contribution < -0.4 is 5.32 Å². The molecule has 0 bridgehead atoms. The Bertz CT molecular complexity index is 124. The van der Waals surface area contributed by atoms with Gasteiger partial charge in [0.2, 0.25) is 0 Å². The molecule has 0 spiro atoms. The highest BCUT2D eigenvalue weighted by Crippen LogP contribution is 2.24. The summed E-state index contributed by atoms with van der Waals surface area (Å²) in [5.74, 6) is 0. The highest BCUT2D eigenvalue weighted by Gasteiger charge is 2.32. The van der Waals surface area contributed by atoms with Crippen molar-refractivity contribution in [3.05, 3.63) is 0 Å². The van der Waals surface area contributed by atoms with Crippen LogP contribution in [0.1, 0.15) is 19.3 Å². The van der Waals surface area contributed by atoms with Gasteiger partial charge < -0.3 is 10.2 Å². The maximum absolute atomic E-state index is 3.57. The van der Waals surface area contributed by atoms with E-state index >= 15 is 0 Å². The molecule has 1 heterocycles. The van der Waals surface area contributed by atoms with Crippen LogP contribution in [0.25, 0.3) is 0 Å². The molecule has 1 aliphatic carbocycles. The Balaban J connectivity index is 2.03. The van der Waals surface area contributed by atoms with E-state index in [1.54, 1.807) is 0 Å². The Hall–Kier alpha value is -0.0800. The average molecular weight is 140 g/mol. The van der Waals surface area contributed by atoms with E-state index in [1.165, 1.54) is 32.4 Å². The Morgan fingerprint density at radius 3 is 3.10 bits per heavy atom. The smallest absolute Gasteiger partial charge is 0.0246 e. The monoisotopic (exact) mass is 140 g/mol. The van der Waals surface area contributed by atoms with Crippen molar-refractivity contribution in [3.8, 4) is 0 Å². The highest BCUT2D eigenvalue weighted by atomic mass is 15.2. The zero-order valence-corrected chi connectivity index (χ0v) is 6.64. The van der Waals surface area contributed by atoms with Crippen molar-refractivity contribution in [2.45, 2.75) is 31.3 Å². The first-order valence-electron chi connectivity index (χ1n) is 4.31. The quantitative estimate of drug-likeness (QED) is 0.525. The van der Waals surface area contributed by atoms with Crippen molar-refractivity contribution in [2.24, 2.45) is 0 Å². The molecular weight excluding hydrogens is 124 g/mol. The maximum atomic E-state index is 3.57. The molecule has 0 amide bonds. The molecule has 10 heavy (non-hydrogen) atoms. The van der Waals surface area contributed by atoms with Crippen molar-refractivity contribution in [2.75, 3.05) is 20.1 Å². The number of likely N-dealkylation sites (N-methyl/N-ethyl adjacent to an activating group) is 1. The second-order valence-corrected chi connectivity index (χ2v) is 3.54.